The lowest BCUT2D eigenvalue weighted by atomic mass is 10.1. The van der Waals surface area contributed by atoms with E-state index in [0.29, 0.717) is 17.1 Å². The van der Waals surface area contributed by atoms with E-state index in [1.807, 2.05) is 0 Å². The minimum atomic E-state index is -2.86. The molecule has 5 rings (SSSR count). The summed E-state index contributed by atoms with van der Waals surface area (Å²) in [6.07, 6.45) is 3.13. The molecular formula is C31H30N2O14. The molecule has 3 heterocycles. The van der Waals surface area contributed by atoms with Gasteiger partial charge in [0.25, 0.3) is 0 Å². The van der Waals surface area contributed by atoms with Crippen LogP contribution < -0.4 is 23.7 Å². The standard InChI is InChI=1S/C31H30N2O14/c1-39-20-5-7-21(8-6-20)43-28(38)18-33-14-13-32(17-19-15-22(40-2)29(42-4)23(16-19)41-3)30(44-24(34)9-10-25(35)45-30)31(33)46-26(36)11-12-27(37)47-31/h5-12,15-16H,13-14,17-18H2,1-4H3. The molecule has 0 amide bonds. The van der Waals surface area contributed by atoms with E-state index in [4.69, 9.17) is 42.6 Å². The molecule has 0 radical (unpaired) electrons. The molecule has 16 nitrogen and oxygen atoms in total. The van der Waals surface area contributed by atoms with Crippen LogP contribution in [0.3, 0.4) is 0 Å². The van der Waals surface area contributed by atoms with Crippen molar-refractivity contribution in [2.75, 3.05) is 48.1 Å². The average Bonchev–Trinajstić information content (AvgIpc) is 3.31. The summed E-state index contributed by atoms with van der Waals surface area (Å²) in [4.78, 5) is 67.7. The van der Waals surface area contributed by atoms with Gasteiger partial charge < -0.3 is 42.6 Å². The van der Waals surface area contributed by atoms with E-state index in [9.17, 15) is 24.0 Å². The zero-order chi connectivity index (χ0) is 33.8. The summed E-state index contributed by atoms with van der Waals surface area (Å²) in [7, 11) is 5.74. The second-order valence-electron chi connectivity index (χ2n) is 10.0. The van der Waals surface area contributed by atoms with Crippen LogP contribution in [0, 0.1) is 0 Å². The van der Waals surface area contributed by atoms with Crippen molar-refractivity contribution in [2.24, 2.45) is 0 Å². The summed E-state index contributed by atoms with van der Waals surface area (Å²) >= 11 is 0. The first-order valence-electron chi connectivity index (χ1n) is 14.0. The Morgan fingerprint density at radius 3 is 1.55 bits per heavy atom. The Morgan fingerprint density at radius 2 is 1.11 bits per heavy atom. The number of ether oxygens (including phenoxy) is 9. The van der Waals surface area contributed by atoms with E-state index in [-0.39, 0.29) is 36.9 Å². The summed E-state index contributed by atoms with van der Waals surface area (Å²) in [5, 5.41) is 0. The number of carbonyl (C=O) groups excluding carboxylic acids is 5. The maximum absolute atomic E-state index is 13.3. The Morgan fingerprint density at radius 1 is 0.660 bits per heavy atom. The molecule has 0 N–H and O–H groups in total. The van der Waals surface area contributed by atoms with E-state index in [2.05, 4.69) is 0 Å². The minimum Gasteiger partial charge on any atom is -0.497 e. The van der Waals surface area contributed by atoms with Crippen molar-refractivity contribution in [3.63, 3.8) is 0 Å². The van der Waals surface area contributed by atoms with Gasteiger partial charge in [0.05, 0.1) is 28.4 Å². The Kier molecular flexibility index (Phi) is 9.34. The highest BCUT2D eigenvalue weighted by molar-refractivity contribution is 5.95. The quantitative estimate of drug-likeness (QED) is 0.277. The van der Waals surface area contributed by atoms with E-state index in [0.717, 1.165) is 29.2 Å². The van der Waals surface area contributed by atoms with Crippen LogP contribution in [0.4, 0.5) is 0 Å². The van der Waals surface area contributed by atoms with E-state index in [1.54, 1.807) is 24.3 Å². The lowest BCUT2D eigenvalue weighted by Gasteiger charge is -2.55. The van der Waals surface area contributed by atoms with Crippen molar-refractivity contribution in [2.45, 2.75) is 18.4 Å². The van der Waals surface area contributed by atoms with Crippen LogP contribution in [0.25, 0.3) is 0 Å². The molecule has 3 aliphatic heterocycles. The highest BCUT2D eigenvalue weighted by Crippen LogP contribution is 2.46. The Balaban J connectivity index is 1.60. The average molecular weight is 655 g/mol. The molecule has 16 heteroatoms. The van der Waals surface area contributed by atoms with Gasteiger partial charge in [-0.05, 0) is 42.0 Å². The van der Waals surface area contributed by atoms with Crippen molar-refractivity contribution in [3.05, 3.63) is 66.3 Å². The molecule has 3 aliphatic rings. The van der Waals surface area contributed by atoms with Crippen LogP contribution in [-0.4, -0.2) is 99.5 Å². The van der Waals surface area contributed by atoms with Gasteiger partial charge in [-0.3, -0.25) is 4.79 Å². The molecule has 1 saturated heterocycles. The molecule has 0 atom stereocenters. The molecule has 2 aromatic rings. The number of carbonyl (C=O) groups is 5. The third-order valence-corrected chi connectivity index (χ3v) is 7.25. The third-order valence-electron chi connectivity index (χ3n) is 7.25. The number of methoxy groups -OCH3 is 4. The van der Waals surface area contributed by atoms with Gasteiger partial charge in [-0.25, -0.2) is 29.0 Å². The maximum atomic E-state index is 13.3. The van der Waals surface area contributed by atoms with Crippen LogP contribution in [-0.2, 0) is 49.5 Å². The van der Waals surface area contributed by atoms with Crippen LogP contribution >= 0.6 is 0 Å². The van der Waals surface area contributed by atoms with Crippen molar-refractivity contribution < 1.29 is 66.6 Å². The van der Waals surface area contributed by atoms with Gasteiger partial charge in [0.2, 0.25) is 5.75 Å². The SMILES string of the molecule is COc1ccc(OC(=O)CN2CCN(Cc3cc(OC)c(OC)c(OC)c3)C3(OC(=O)C=CC(=O)O3)C23OC(=O)C=CC(=O)O3)cc1. The van der Waals surface area contributed by atoms with Gasteiger partial charge >= 0.3 is 41.7 Å². The fourth-order valence-electron chi connectivity index (χ4n) is 5.22. The summed E-state index contributed by atoms with van der Waals surface area (Å²) in [6, 6.07) is 9.29. The number of hydrogen-bond acceptors (Lipinski definition) is 16. The summed E-state index contributed by atoms with van der Waals surface area (Å²) in [5.41, 5.74) is 0.454. The molecule has 248 valence electrons. The van der Waals surface area contributed by atoms with Crippen molar-refractivity contribution in [3.8, 4) is 28.7 Å². The number of nitrogens with zero attached hydrogens (tertiary/aromatic N) is 2. The zero-order valence-corrected chi connectivity index (χ0v) is 25.7. The van der Waals surface area contributed by atoms with E-state index >= 15 is 0 Å². The molecule has 2 spiro atoms. The highest BCUT2D eigenvalue weighted by atomic mass is 16.8. The van der Waals surface area contributed by atoms with Crippen LogP contribution in [0.15, 0.2) is 60.7 Å². The van der Waals surface area contributed by atoms with Gasteiger partial charge in [-0.2, -0.15) is 0 Å². The fraction of sp³-hybridized carbons (Fsp3) is 0.323. The largest absolute Gasteiger partial charge is 0.497 e. The van der Waals surface area contributed by atoms with E-state index < -0.39 is 48.2 Å². The molecular weight excluding hydrogens is 624 g/mol. The molecule has 1 fully saturated rings. The number of hydrogen-bond donors (Lipinski definition) is 0. The lowest BCUT2D eigenvalue weighted by Crippen LogP contribution is -2.80. The summed E-state index contributed by atoms with van der Waals surface area (Å²) < 4.78 is 49.7. The van der Waals surface area contributed by atoms with Crippen molar-refractivity contribution >= 4 is 29.8 Å². The van der Waals surface area contributed by atoms with Gasteiger partial charge in [-0.15, -0.1) is 0 Å². The monoisotopic (exact) mass is 654 g/mol. The topological polar surface area (TPSA) is 175 Å². The van der Waals surface area contributed by atoms with Crippen molar-refractivity contribution in [1.82, 2.24) is 9.80 Å². The third kappa shape index (κ3) is 6.41. The number of fused-ring (bicyclic) bond motifs is 1. The number of esters is 5. The Bertz CT molecular complexity index is 1570. The molecule has 47 heavy (non-hydrogen) atoms. The number of piperazine rings is 1. The first-order valence-corrected chi connectivity index (χ1v) is 14.0. The zero-order valence-electron chi connectivity index (χ0n) is 25.7. The van der Waals surface area contributed by atoms with Crippen molar-refractivity contribution in [1.29, 1.82) is 0 Å². The van der Waals surface area contributed by atoms with Gasteiger partial charge in [0, 0.05) is 43.9 Å². The second-order valence-corrected chi connectivity index (χ2v) is 10.0. The van der Waals surface area contributed by atoms with Gasteiger partial charge in [0.15, 0.2) is 11.5 Å². The molecule has 0 aromatic heterocycles. The van der Waals surface area contributed by atoms with E-state index in [1.165, 1.54) is 45.5 Å². The normalized spacial score (nSPS) is 18.7. The number of benzene rings is 2. The second kappa shape index (κ2) is 13.4. The number of rotatable bonds is 9. The minimum absolute atomic E-state index is 0.114. The molecule has 0 bridgehead atoms. The van der Waals surface area contributed by atoms with Gasteiger partial charge in [-0.1, -0.05) is 0 Å². The van der Waals surface area contributed by atoms with Crippen LogP contribution in [0.1, 0.15) is 5.56 Å². The van der Waals surface area contributed by atoms with Crippen LogP contribution in [0.5, 0.6) is 28.7 Å². The lowest BCUT2D eigenvalue weighted by molar-refractivity contribution is -0.463. The molecule has 0 unspecified atom stereocenters. The summed E-state index contributed by atoms with van der Waals surface area (Å²) in [5.74, 6) is -9.55. The van der Waals surface area contributed by atoms with Gasteiger partial charge in [0.1, 0.15) is 18.0 Å². The smallest absolute Gasteiger partial charge is 0.420 e. The predicted molar refractivity (Wildman–Crippen MR) is 155 cm³/mol. The fourth-order valence-corrected chi connectivity index (χ4v) is 5.22. The maximum Gasteiger partial charge on any atom is 0.420 e. The molecule has 0 aliphatic carbocycles. The predicted octanol–water partition coefficient (Wildman–Crippen LogP) is 1.06. The highest BCUT2D eigenvalue weighted by Gasteiger charge is 2.74. The summed E-state index contributed by atoms with van der Waals surface area (Å²) in [6.45, 7) is -1.19. The first-order chi connectivity index (χ1) is 22.6. The molecule has 0 saturated carbocycles. The Hall–Kier alpha value is -5.61. The molecule has 2 aromatic carbocycles. The Labute approximate surface area is 267 Å². The van der Waals surface area contributed by atoms with Crippen LogP contribution in [0.2, 0.25) is 0 Å². The first kappa shape index (κ1) is 32.8.